The molecule has 0 spiro atoms. The van der Waals surface area contributed by atoms with E-state index in [1.54, 1.807) is 7.11 Å². The molecule has 0 saturated carbocycles. The Bertz CT molecular complexity index is 1040. The Morgan fingerprint density at radius 1 is 1.06 bits per heavy atom. The van der Waals surface area contributed by atoms with E-state index in [-0.39, 0.29) is 0 Å². The number of primary amides is 1. The summed E-state index contributed by atoms with van der Waals surface area (Å²) in [7, 11) is 1.66. The van der Waals surface area contributed by atoms with Gasteiger partial charge in [0.2, 0.25) is 0 Å². The average Bonchev–Trinajstić information content (AvgIpc) is 2.80. The first-order valence-corrected chi connectivity index (χ1v) is 10.5. The Morgan fingerprint density at radius 3 is 2.61 bits per heavy atom. The van der Waals surface area contributed by atoms with E-state index in [1.165, 1.54) is 0 Å². The number of morpholine rings is 1. The summed E-state index contributed by atoms with van der Waals surface area (Å²) >= 11 is 0. The van der Waals surface area contributed by atoms with Gasteiger partial charge in [-0.2, -0.15) is 0 Å². The third-order valence-electron chi connectivity index (χ3n) is 5.83. The number of nitrogens with two attached hydrogens (primary N) is 1. The van der Waals surface area contributed by atoms with Crippen molar-refractivity contribution in [1.82, 2.24) is 4.90 Å². The molecule has 160 valence electrons. The Labute approximate surface area is 183 Å². The number of methoxy groups -OCH3 is 1. The summed E-state index contributed by atoms with van der Waals surface area (Å²) in [5, 5.41) is 0. The van der Waals surface area contributed by atoms with Crippen molar-refractivity contribution in [2.24, 2.45) is 5.73 Å². The molecule has 4 rings (SSSR count). The second kappa shape index (κ2) is 9.33. The van der Waals surface area contributed by atoms with E-state index in [4.69, 9.17) is 15.2 Å². The van der Waals surface area contributed by atoms with Crippen LogP contribution in [0.25, 0.3) is 11.1 Å². The lowest BCUT2D eigenvalue weighted by Gasteiger charge is -2.41. The summed E-state index contributed by atoms with van der Waals surface area (Å²) < 4.78 is 11.4. The van der Waals surface area contributed by atoms with Gasteiger partial charge in [-0.3, -0.25) is 9.69 Å². The highest BCUT2D eigenvalue weighted by Crippen LogP contribution is 2.30. The summed E-state index contributed by atoms with van der Waals surface area (Å²) in [5.74, 6) is 0.398. The Morgan fingerprint density at radius 2 is 1.84 bits per heavy atom. The highest BCUT2D eigenvalue weighted by molar-refractivity contribution is 5.85. The van der Waals surface area contributed by atoms with E-state index in [0.717, 1.165) is 34.5 Å². The van der Waals surface area contributed by atoms with Crippen molar-refractivity contribution in [3.63, 3.8) is 0 Å². The van der Waals surface area contributed by atoms with Crippen LogP contribution < -0.4 is 10.5 Å². The van der Waals surface area contributed by atoms with Crippen molar-refractivity contribution in [2.45, 2.75) is 18.6 Å². The third-order valence-corrected chi connectivity index (χ3v) is 5.83. The number of hydrogen-bond acceptors (Lipinski definition) is 4. The first kappa shape index (κ1) is 21.1. The Hall–Kier alpha value is -3.15. The maximum absolute atomic E-state index is 12.7. The average molecular weight is 417 g/mol. The summed E-state index contributed by atoms with van der Waals surface area (Å²) in [4.78, 5) is 14.9. The van der Waals surface area contributed by atoms with Crippen molar-refractivity contribution in [2.75, 3.05) is 26.8 Å². The van der Waals surface area contributed by atoms with E-state index >= 15 is 0 Å². The molecule has 0 radical (unpaired) electrons. The number of ether oxygens (including phenoxy) is 2. The quantitative estimate of drug-likeness (QED) is 0.638. The van der Waals surface area contributed by atoms with Crippen LogP contribution in [0.5, 0.6) is 5.75 Å². The molecule has 31 heavy (non-hydrogen) atoms. The van der Waals surface area contributed by atoms with Crippen LogP contribution in [0.1, 0.15) is 11.1 Å². The van der Waals surface area contributed by atoms with Crippen LogP contribution in [0.4, 0.5) is 0 Å². The molecular weight excluding hydrogens is 388 g/mol. The highest BCUT2D eigenvalue weighted by Gasteiger charge is 2.42. The van der Waals surface area contributed by atoms with Crippen LogP contribution in [0.2, 0.25) is 0 Å². The van der Waals surface area contributed by atoms with Gasteiger partial charge in [-0.1, -0.05) is 66.7 Å². The normalized spacial score (nSPS) is 19.1. The lowest BCUT2D eigenvalue weighted by molar-refractivity contribution is -0.157. The first-order valence-electron chi connectivity index (χ1n) is 10.5. The predicted molar refractivity (Wildman–Crippen MR) is 122 cm³/mol. The molecule has 3 aromatic rings. The number of carbonyl (C=O) groups excluding carboxylic acids is 1. The van der Waals surface area contributed by atoms with Crippen LogP contribution in [0, 0.1) is 0 Å². The molecule has 1 aliphatic rings. The fourth-order valence-electron chi connectivity index (χ4n) is 4.24. The fraction of sp³-hybridized carbons (Fsp3) is 0.269. The van der Waals surface area contributed by atoms with Gasteiger partial charge < -0.3 is 15.2 Å². The van der Waals surface area contributed by atoms with E-state index in [9.17, 15) is 4.79 Å². The maximum Gasteiger partial charge on any atom is 0.251 e. The van der Waals surface area contributed by atoms with E-state index < -0.39 is 11.5 Å². The van der Waals surface area contributed by atoms with Crippen LogP contribution in [-0.4, -0.2) is 43.2 Å². The van der Waals surface area contributed by atoms with E-state index in [0.29, 0.717) is 26.1 Å². The number of nitrogens with zero attached hydrogens (tertiary/aromatic N) is 1. The molecule has 0 aromatic heterocycles. The van der Waals surface area contributed by atoms with Gasteiger partial charge in [0, 0.05) is 26.1 Å². The molecule has 2 N–H and O–H groups in total. The summed E-state index contributed by atoms with van der Waals surface area (Å²) in [6.45, 7) is 2.35. The second-order valence-electron chi connectivity index (χ2n) is 7.97. The third kappa shape index (κ3) is 4.79. The zero-order chi connectivity index (χ0) is 21.7. The van der Waals surface area contributed by atoms with Gasteiger partial charge in [0.1, 0.15) is 5.75 Å². The van der Waals surface area contributed by atoms with Crippen molar-refractivity contribution >= 4 is 5.91 Å². The largest absolute Gasteiger partial charge is 0.497 e. The standard InChI is InChI=1S/C26H28N2O3/c1-30-23-12-7-8-20(16-23)18-28-14-15-31-26(19-28,25(27)29)17-22-11-5-6-13-24(22)21-9-3-2-4-10-21/h2-13,16H,14-15,17-19H2,1H3,(H2,27,29)/t26-/m1/s1. The zero-order valence-electron chi connectivity index (χ0n) is 17.8. The van der Waals surface area contributed by atoms with Crippen LogP contribution in [-0.2, 0) is 22.5 Å². The minimum absolute atomic E-state index is 0.425. The zero-order valence-corrected chi connectivity index (χ0v) is 17.8. The topological polar surface area (TPSA) is 64.8 Å². The van der Waals surface area contributed by atoms with Crippen LogP contribution >= 0.6 is 0 Å². The van der Waals surface area contributed by atoms with Crippen molar-refractivity contribution < 1.29 is 14.3 Å². The Kier molecular flexibility index (Phi) is 6.35. The molecule has 3 aromatic carbocycles. The molecule has 0 unspecified atom stereocenters. The fourth-order valence-corrected chi connectivity index (χ4v) is 4.24. The van der Waals surface area contributed by atoms with Crippen LogP contribution in [0.15, 0.2) is 78.9 Å². The maximum atomic E-state index is 12.7. The van der Waals surface area contributed by atoms with Gasteiger partial charge >= 0.3 is 0 Å². The Balaban J connectivity index is 1.59. The SMILES string of the molecule is COc1cccc(CN2CCO[C@@](Cc3ccccc3-c3ccccc3)(C(N)=O)C2)c1. The van der Waals surface area contributed by atoms with Gasteiger partial charge in [0.15, 0.2) is 5.60 Å². The van der Waals surface area contributed by atoms with Gasteiger partial charge in [-0.15, -0.1) is 0 Å². The number of rotatable bonds is 7. The van der Waals surface area contributed by atoms with E-state index in [1.807, 2.05) is 48.5 Å². The van der Waals surface area contributed by atoms with Gasteiger partial charge in [0.05, 0.1) is 13.7 Å². The van der Waals surface area contributed by atoms with Gasteiger partial charge in [0.25, 0.3) is 5.91 Å². The van der Waals surface area contributed by atoms with Crippen molar-refractivity contribution in [3.05, 3.63) is 90.0 Å². The monoisotopic (exact) mass is 416 g/mol. The molecule has 1 atom stereocenters. The van der Waals surface area contributed by atoms with Gasteiger partial charge in [-0.25, -0.2) is 0 Å². The highest BCUT2D eigenvalue weighted by atomic mass is 16.5. The van der Waals surface area contributed by atoms with Gasteiger partial charge in [-0.05, 0) is 34.4 Å². The molecule has 0 bridgehead atoms. The molecule has 1 saturated heterocycles. The minimum atomic E-state index is -1.07. The smallest absolute Gasteiger partial charge is 0.251 e. The molecular formula is C26H28N2O3. The van der Waals surface area contributed by atoms with E-state index in [2.05, 4.69) is 35.2 Å². The summed E-state index contributed by atoms with van der Waals surface area (Å²) in [6.07, 6.45) is 0.433. The first-order chi connectivity index (χ1) is 15.1. The minimum Gasteiger partial charge on any atom is -0.497 e. The predicted octanol–water partition coefficient (Wildman–Crippen LogP) is 3.66. The summed E-state index contributed by atoms with van der Waals surface area (Å²) in [6, 6.07) is 26.3. The molecule has 5 heteroatoms. The summed E-state index contributed by atoms with van der Waals surface area (Å²) in [5.41, 5.74) is 9.25. The second-order valence-corrected chi connectivity index (χ2v) is 7.97. The molecule has 0 aliphatic carbocycles. The lowest BCUT2D eigenvalue weighted by Crippen LogP contribution is -2.59. The molecule has 1 fully saturated rings. The van der Waals surface area contributed by atoms with Crippen molar-refractivity contribution in [3.8, 4) is 16.9 Å². The number of hydrogen-bond donors (Lipinski definition) is 1. The van der Waals surface area contributed by atoms with Crippen molar-refractivity contribution in [1.29, 1.82) is 0 Å². The number of carbonyl (C=O) groups is 1. The van der Waals surface area contributed by atoms with Crippen LogP contribution in [0.3, 0.4) is 0 Å². The molecule has 5 nitrogen and oxygen atoms in total. The molecule has 1 amide bonds. The number of amides is 1. The lowest BCUT2D eigenvalue weighted by atomic mass is 9.87. The molecule has 1 aliphatic heterocycles. The number of benzene rings is 3. The molecule has 1 heterocycles.